The first-order valence-electron chi connectivity index (χ1n) is 12.1. The van der Waals surface area contributed by atoms with E-state index in [0.29, 0.717) is 34.4 Å². The number of carbonyl (C=O) groups excluding carboxylic acids is 1. The minimum Gasteiger partial charge on any atom is -0.398 e. The van der Waals surface area contributed by atoms with Crippen LogP contribution in [0, 0.1) is 5.41 Å². The third-order valence-corrected chi connectivity index (χ3v) is 9.10. The molecule has 6 rings (SSSR count). The molecule has 3 aromatic rings. The van der Waals surface area contributed by atoms with Gasteiger partial charge >= 0.3 is 0 Å². The molecule has 0 aromatic heterocycles. The van der Waals surface area contributed by atoms with Crippen LogP contribution in [0.15, 0.2) is 54.6 Å². The maximum atomic E-state index is 13.3. The lowest BCUT2D eigenvalue weighted by Gasteiger charge is -2.43. The number of anilines is 2. The summed E-state index contributed by atoms with van der Waals surface area (Å²) in [5.74, 6) is -0.0219. The Hall–Kier alpha value is -2.73. The largest absolute Gasteiger partial charge is 0.398 e. The van der Waals surface area contributed by atoms with E-state index >= 15 is 0 Å². The molecule has 0 radical (unpaired) electrons. The number of halogens is 2. The van der Waals surface area contributed by atoms with Gasteiger partial charge in [-0.3, -0.25) is 4.79 Å². The summed E-state index contributed by atoms with van der Waals surface area (Å²) < 4.78 is 0. The molecule has 2 heterocycles. The number of hydrogen-bond acceptors (Lipinski definition) is 4. The average molecular weight is 507 g/mol. The van der Waals surface area contributed by atoms with Gasteiger partial charge in [0.25, 0.3) is 5.91 Å². The second-order valence-corrected chi connectivity index (χ2v) is 10.9. The quantitative estimate of drug-likeness (QED) is 0.455. The van der Waals surface area contributed by atoms with Crippen LogP contribution in [0.2, 0.25) is 10.0 Å². The number of hydrogen-bond donors (Lipinski definition) is 2. The fourth-order valence-electron chi connectivity index (χ4n) is 6.18. The zero-order valence-corrected chi connectivity index (χ0v) is 20.9. The van der Waals surface area contributed by atoms with Gasteiger partial charge in [0.05, 0.1) is 10.0 Å². The fourth-order valence-corrected chi connectivity index (χ4v) is 6.56. The molecular formula is C28H28Cl2N4O. The van der Waals surface area contributed by atoms with Crippen molar-refractivity contribution in [3.8, 4) is 0 Å². The Balaban J connectivity index is 1.20. The van der Waals surface area contributed by atoms with Crippen molar-refractivity contribution < 1.29 is 4.79 Å². The summed E-state index contributed by atoms with van der Waals surface area (Å²) in [6.45, 7) is 2.66. The number of piperidine rings is 1. The van der Waals surface area contributed by atoms with E-state index in [1.807, 2.05) is 24.3 Å². The first kappa shape index (κ1) is 22.7. The molecule has 0 unspecified atom stereocenters. The lowest BCUT2D eigenvalue weighted by molar-refractivity contribution is 0.0767. The highest BCUT2D eigenvalue weighted by molar-refractivity contribution is 6.42. The molecule has 1 fully saturated rings. The molecule has 2 aliphatic heterocycles. The maximum Gasteiger partial charge on any atom is 0.254 e. The van der Waals surface area contributed by atoms with Crippen LogP contribution < -0.4 is 16.4 Å². The van der Waals surface area contributed by atoms with Gasteiger partial charge in [-0.25, -0.2) is 0 Å². The second kappa shape index (κ2) is 8.44. The lowest BCUT2D eigenvalue weighted by Crippen LogP contribution is -2.44. The van der Waals surface area contributed by atoms with Crippen molar-refractivity contribution in [2.75, 3.05) is 23.7 Å². The van der Waals surface area contributed by atoms with E-state index < -0.39 is 0 Å². The molecule has 4 N–H and O–H groups in total. The molecule has 180 valence electrons. The van der Waals surface area contributed by atoms with Crippen LogP contribution in [0.4, 0.5) is 11.4 Å². The Kier molecular flexibility index (Phi) is 5.48. The van der Waals surface area contributed by atoms with E-state index in [2.05, 4.69) is 29.2 Å². The Morgan fingerprint density at radius 2 is 1.80 bits per heavy atom. The lowest BCUT2D eigenvalue weighted by atomic mass is 9.73. The predicted molar refractivity (Wildman–Crippen MR) is 142 cm³/mol. The van der Waals surface area contributed by atoms with Crippen molar-refractivity contribution in [2.24, 2.45) is 11.1 Å². The number of nitrogens with two attached hydrogens (primary N) is 2. The summed E-state index contributed by atoms with van der Waals surface area (Å²) in [6, 6.07) is 18.2. The second-order valence-electron chi connectivity index (χ2n) is 10.1. The van der Waals surface area contributed by atoms with E-state index in [1.165, 1.54) is 11.1 Å². The summed E-state index contributed by atoms with van der Waals surface area (Å²) >= 11 is 12.5. The molecule has 0 bridgehead atoms. The minimum absolute atomic E-state index is 0.0219. The summed E-state index contributed by atoms with van der Waals surface area (Å²) in [6.07, 6.45) is 3.09. The molecule has 5 nitrogen and oxygen atoms in total. The van der Waals surface area contributed by atoms with E-state index in [1.54, 1.807) is 11.0 Å². The zero-order valence-electron chi connectivity index (χ0n) is 19.4. The topological polar surface area (TPSA) is 75.6 Å². The maximum absolute atomic E-state index is 13.3. The van der Waals surface area contributed by atoms with Crippen molar-refractivity contribution >= 4 is 40.5 Å². The highest BCUT2D eigenvalue weighted by Gasteiger charge is 2.46. The standard InChI is InChI=1S/C28H28Cl2N4O/c29-23-7-3-5-18(25(23)30)15-34-16-22-21(27(34)35)12-19(13-24(22)31)33-10-8-28(9-11-33)14-17-4-1-2-6-20(17)26(28)32/h1-7,12-13,26H,8-11,14-16,31-32H2/t26-/m1/s1. The van der Waals surface area contributed by atoms with Crippen molar-refractivity contribution in [3.63, 3.8) is 0 Å². The van der Waals surface area contributed by atoms with Gasteiger partial charge in [0.15, 0.2) is 0 Å². The molecule has 1 spiro atoms. The van der Waals surface area contributed by atoms with Gasteiger partial charge in [-0.1, -0.05) is 59.6 Å². The Labute approximate surface area is 215 Å². The molecule has 1 aliphatic carbocycles. The first-order chi connectivity index (χ1) is 16.9. The molecule has 7 heteroatoms. The number of benzene rings is 3. The van der Waals surface area contributed by atoms with Crippen LogP contribution >= 0.6 is 23.2 Å². The molecule has 3 aromatic carbocycles. The molecule has 1 amide bonds. The third-order valence-electron chi connectivity index (χ3n) is 8.25. The average Bonchev–Trinajstić information content (AvgIpc) is 3.32. The van der Waals surface area contributed by atoms with Gasteiger partial charge in [0.1, 0.15) is 0 Å². The van der Waals surface area contributed by atoms with Crippen LogP contribution in [0.1, 0.15) is 51.5 Å². The van der Waals surface area contributed by atoms with Crippen molar-refractivity contribution in [1.82, 2.24) is 4.90 Å². The Bertz CT molecular complexity index is 1330. The predicted octanol–water partition coefficient (Wildman–Crippen LogP) is 5.57. The van der Waals surface area contributed by atoms with Crippen molar-refractivity contribution in [1.29, 1.82) is 0 Å². The molecule has 3 aliphatic rings. The van der Waals surface area contributed by atoms with E-state index in [-0.39, 0.29) is 17.4 Å². The number of carbonyl (C=O) groups is 1. The van der Waals surface area contributed by atoms with Crippen molar-refractivity contribution in [3.05, 3.63) is 92.5 Å². The highest BCUT2D eigenvalue weighted by atomic mass is 35.5. The normalized spacial score (nSPS) is 20.4. The number of rotatable bonds is 3. The Morgan fingerprint density at radius 1 is 1.03 bits per heavy atom. The number of amides is 1. The smallest absolute Gasteiger partial charge is 0.254 e. The molecule has 35 heavy (non-hydrogen) atoms. The monoisotopic (exact) mass is 506 g/mol. The van der Waals surface area contributed by atoms with Crippen LogP contribution in [0.25, 0.3) is 0 Å². The van der Waals surface area contributed by atoms with Crippen LogP contribution in [0.3, 0.4) is 0 Å². The zero-order chi connectivity index (χ0) is 24.3. The van der Waals surface area contributed by atoms with Gasteiger partial charge in [0, 0.05) is 54.7 Å². The summed E-state index contributed by atoms with van der Waals surface area (Å²) in [5.41, 5.74) is 20.1. The number of fused-ring (bicyclic) bond motifs is 2. The van der Waals surface area contributed by atoms with Crippen LogP contribution in [-0.4, -0.2) is 23.9 Å². The van der Waals surface area contributed by atoms with E-state index in [0.717, 1.165) is 49.2 Å². The van der Waals surface area contributed by atoms with Crippen LogP contribution in [-0.2, 0) is 19.5 Å². The van der Waals surface area contributed by atoms with Gasteiger partial charge < -0.3 is 21.3 Å². The number of nitrogens with zero attached hydrogens (tertiary/aromatic N) is 2. The molecule has 0 saturated carbocycles. The summed E-state index contributed by atoms with van der Waals surface area (Å²) in [4.78, 5) is 17.4. The van der Waals surface area contributed by atoms with Gasteiger partial charge in [-0.2, -0.15) is 0 Å². The summed E-state index contributed by atoms with van der Waals surface area (Å²) in [5, 5.41) is 0.976. The van der Waals surface area contributed by atoms with E-state index in [4.69, 9.17) is 34.7 Å². The van der Waals surface area contributed by atoms with E-state index in [9.17, 15) is 4.79 Å². The highest BCUT2D eigenvalue weighted by Crippen LogP contribution is 2.51. The summed E-state index contributed by atoms with van der Waals surface area (Å²) in [7, 11) is 0. The van der Waals surface area contributed by atoms with Gasteiger partial charge in [0.2, 0.25) is 0 Å². The molecule has 1 atom stereocenters. The third kappa shape index (κ3) is 3.68. The van der Waals surface area contributed by atoms with Crippen molar-refractivity contribution in [2.45, 2.75) is 38.4 Å². The van der Waals surface area contributed by atoms with Gasteiger partial charge in [-0.05, 0) is 59.6 Å². The van der Waals surface area contributed by atoms with Gasteiger partial charge in [-0.15, -0.1) is 0 Å². The Morgan fingerprint density at radius 3 is 2.57 bits per heavy atom. The van der Waals surface area contributed by atoms with Crippen LogP contribution in [0.5, 0.6) is 0 Å². The molecular weight excluding hydrogens is 479 g/mol. The number of nitrogen functional groups attached to an aromatic ring is 1. The molecule has 1 saturated heterocycles. The fraction of sp³-hybridized carbons (Fsp3) is 0.321. The first-order valence-corrected chi connectivity index (χ1v) is 12.8. The minimum atomic E-state index is -0.0219. The SMILES string of the molecule is Nc1cc(N2CCC3(CC2)Cc2ccccc2[C@H]3N)cc2c1CN(Cc1cccc(Cl)c1Cl)C2=O.